The fourth-order valence-corrected chi connectivity index (χ4v) is 5.91. The van der Waals surface area contributed by atoms with Crippen molar-refractivity contribution < 1.29 is 28.8 Å². The number of nitrogens with one attached hydrogen (secondary N) is 1. The molecule has 262 valence electrons. The summed E-state index contributed by atoms with van der Waals surface area (Å²) in [6, 6.07) is 27.0. The van der Waals surface area contributed by atoms with E-state index >= 15 is 0 Å². The summed E-state index contributed by atoms with van der Waals surface area (Å²) in [6.07, 6.45) is 0.00934. The number of aliphatic hydroxyl groups is 1. The second-order valence-electron chi connectivity index (χ2n) is 11.6. The van der Waals surface area contributed by atoms with Gasteiger partial charge in [-0.05, 0) is 76.1 Å². The van der Waals surface area contributed by atoms with Crippen LogP contribution >= 0.6 is 0 Å². The van der Waals surface area contributed by atoms with Crippen LogP contribution in [0.5, 0.6) is 17.2 Å². The molecule has 4 aromatic carbocycles. The van der Waals surface area contributed by atoms with E-state index in [4.69, 9.17) is 34.6 Å². The number of carbonyl (C=O) groups excluding carboxylic acids is 1. The number of aliphatic hydroxyl groups excluding tert-OH is 1. The van der Waals surface area contributed by atoms with Crippen molar-refractivity contribution in [2.45, 2.75) is 37.5 Å². The zero-order valence-corrected chi connectivity index (χ0v) is 28.3. The molecule has 2 N–H and O–H groups in total. The Bertz CT molecular complexity index is 1960. The number of amides is 1. The van der Waals surface area contributed by atoms with Crippen molar-refractivity contribution in [3.63, 3.8) is 0 Å². The molecule has 1 amide bonds. The van der Waals surface area contributed by atoms with Gasteiger partial charge in [0.15, 0.2) is 23.1 Å². The minimum Gasteiger partial charge on any atom is -0.494 e. The van der Waals surface area contributed by atoms with Gasteiger partial charge in [0.05, 0.1) is 27.4 Å². The van der Waals surface area contributed by atoms with E-state index in [9.17, 15) is 10.3 Å². The maximum absolute atomic E-state index is 14.8. The maximum atomic E-state index is 14.8. The number of aliphatic imine (C=N–C) groups is 1. The summed E-state index contributed by atoms with van der Waals surface area (Å²) in [4.78, 5) is 25.8. The quantitative estimate of drug-likeness (QED) is 0.0514. The molecule has 1 aliphatic rings. The van der Waals surface area contributed by atoms with E-state index in [2.05, 4.69) is 25.4 Å². The van der Waals surface area contributed by atoms with Crippen LogP contribution in [0.1, 0.15) is 40.3 Å². The highest BCUT2D eigenvalue weighted by Crippen LogP contribution is 2.45. The fourth-order valence-electron chi connectivity index (χ4n) is 5.91. The summed E-state index contributed by atoms with van der Waals surface area (Å²) in [5, 5.41) is 19.9. The summed E-state index contributed by atoms with van der Waals surface area (Å²) in [5.41, 5.74) is 20.6. The van der Waals surface area contributed by atoms with E-state index < -0.39 is 17.6 Å². The molecule has 14 heteroatoms. The SMILES string of the molecule is COc1ccc(CCNC(=O)[C@]2(Cc3ccccc3N=[N+]=[N-])N=C(c3ccc(OCCCO)cc3)O[C@@H]2c2ccccc2CN=[N+]=[N-])cc1OC. The topological polar surface area (TPSA) is 196 Å². The highest BCUT2D eigenvalue weighted by atomic mass is 16.5. The molecule has 0 spiro atoms. The number of rotatable bonds is 17. The van der Waals surface area contributed by atoms with Crippen LogP contribution in [0.2, 0.25) is 0 Å². The van der Waals surface area contributed by atoms with E-state index in [-0.39, 0.29) is 32.0 Å². The molecule has 14 nitrogen and oxygen atoms in total. The standard InChI is InChI=1S/C37H38N8O6/c1-48-32-17-12-25(22-33(32)49-2)18-19-40-36(47)37(23-27-8-4-6-11-31(27)43-45-39)34(30-10-5-3-9-28(30)24-41-44-38)51-35(42-37)26-13-15-29(16-14-26)50-21-7-20-46/h3-6,8-17,22,34,46H,7,18-21,23-24H2,1-2H3,(H,40,47)/t34-,37-/m1/s1. The molecule has 0 aromatic heterocycles. The summed E-state index contributed by atoms with van der Waals surface area (Å²) >= 11 is 0. The molecule has 5 rings (SSSR count). The van der Waals surface area contributed by atoms with Gasteiger partial charge in [-0.25, -0.2) is 4.99 Å². The molecular formula is C37H38N8O6. The van der Waals surface area contributed by atoms with Gasteiger partial charge in [0.1, 0.15) is 5.75 Å². The third kappa shape index (κ3) is 8.52. The summed E-state index contributed by atoms with van der Waals surface area (Å²) in [7, 11) is 3.13. The first-order valence-electron chi connectivity index (χ1n) is 16.3. The summed E-state index contributed by atoms with van der Waals surface area (Å²) in [5.74, 6) is 1.58. The number of carbonyl (C=O) groups is 1. The largest absolute Gasteiger partial charge is 0.494 e. The second-order valence-corrected chi connectivity index (χ2v) is 11.6. The number of azide groups is 2. The van der Waals surface area contributed by atoms with Gasteiger partial charge in [0, 0.05) is 47.1 Å². The van der Waals surface area contributed by atoms with Crippen LogP contribution < -0.4 is 19.5 Å². The smallest absolute Gasteiger partial charge is 0.252 e. The van der Waals surface area contributed by atoms with Crippen LogP contribution in [0.15, 0.2) is 106 Å². The molecule has 2 atom stereocenters. The van der Waals surface area contributed by atoms with Crippen LogP contribution in [0.25, 0.3) is 20.9 Å². The van der Waals surface area contributed by atoms with Crippen molar-refractivity contribution in [1.29, 1.82) is 0 Å². The van der Waals surface area contributed by atoms with Gasteiger partial charge in [-0.1, -0.05) is 64.8 Å². The van der Waals surface area contributed by atoms with Crippen molar-refractivity contribution in [2.24, 2.45) is 15.2 Å². The molecule has 0 radical (unpaired) electrons. The number of ether oxygens (including phenoxy) is 4. The van der Waals surface area contributed by atoms with Crippen molar-refractivity contribution >= 4 is 17.5 Å². The van der Waals surface area contributed by atoms with E-state index in [1.54, 1.807) is 62.8 Å². The van der Waals surface area contributed by atoms with Crippen LogP contribution in [-0.4, -0.2) is 56.4 Å². The Morgan fingerprint density at radius 2 is 1.71 bits per heavy atom. The van der Waals surface area contributed by atoms with Crippen LogP contribution in [0, 0.1) is 0 Å². The summed E-state index contributed by atoms with van der Waals surface area (Å²) in [6.45, 7) is 0.654. The molecule has 0 saturated heterocycles. The molecule has 0 unspecified atom stereocenters. The van der Waals surface area contributed by atoms with E-state index in [0.29, 0.717) is 64.6 Å². The number of methoxy groups -OCH3 is 2. The minimum absolute atomic E-state index is 0.0107. The van der Waals surface area contributed by atoms with E-state index in [0.717, 1.165) is 5.56 Å². The zero-order valence-electron chi connectivity index (χ0n) is 28.3. The van der Waals surface area contributed by atoms with Gasteiger partial charge in [-0.2, -0.15) is 0 Å². The number of nitrogens with zero attached hydrogens (tertiary/aromatic N) is 7. The average Bonchev–Trinajstić information content (AvgIpc) is 3.55. The lowest BCUT2D eigenvalue weighted by atomic mass is 9.80. The first-order chi connectivity index (χ1) is 25.0. The van der Waals surface area contributed by atoms with Crippen molar-refractivity contribution in [3.8, 4) is 17.2 Å². The molecule has 4 aromatic rings. The lowest BCUT2D eigenvalue weighted by molar-refractivity contribution is -0.128. The Hall–Kier alpha value is -6.20. The van der Waals surface area contributed by atoms with Gasteiger partial charge in [0.2, 0.25) is 5.90 Å². The Balaban J connectivity index is 1.59. The predicted octanol–water partition coefficient (Wildman–Crippen LogP) is 7.08. The van der Waals surface area contributed by atoms with Gasteiger partial charge < -0.3 is 29.4 Å². The first kappa shape index (κ1) is 36.1. The predicted molar refractivity (Wildman–Crippen MR) is 191 cm³/mol. The highest BCUT2D eigenvalue weighted by molar-refractivity contribution is 6.01. The zero-order chi connectivity index (χ0) is 36.1. The molecule has 51 heavy (non-hydrogen) atoms. The Kier molecular flexibility index (Phi) is 12.4. The number of hydrogen-bond acceptors (Lipinski definition) is 9. The normalized spacial score (nSPS) is 16.1. The average molecular weight is 691 g/mol. The van der Waals surface area contributed by atoms with Crippen LogP contribution in [-0.2, 0) is 28.9 Å². The minimum atomic E-state index is -1.60. The highest BCUT2D eigenvalue weighted by Gasteiger charge is 2.54. The third-order valence-electron chi connectivity index (χ3n) is 8.42. The second kappa shape index (κ2) is 17.5. The van der Waals surface area contributed by atoms with Crippen molar-refractivity contribution in [1.82, 2.24) is 5.32 Å². The molecule has 0 aliphatic carbocycles. The lowest BCUT2D eigenvalue weighted by Gasteiger charge is -2.32. The maximum Gasteiger partial charge on any atom is 0.252 e. The first-order valence-corrected chi connectivity index (χ1v) is 16.3. The van der Waals surface area contributed by atoms with Gasteiger partial charge in [-0.3, -0.25) is 4.79 Å². The lowest BCUT2D eigenvalue weighted by Crippen LogP contribution is -2.50. The van der Waals surface area contributed by atoms with Crippen molar-refractivity contribution in [2.75, 3.05) is 34.0 Å². The molecule has 0 saturated carbocycles. The van der Waals surface area contributed by atoms with Gasteiger partial charge in [-0.15, -0.1) is 0 Å². The third-order valence-corrected chi connectivity index (χ3v) is 8.42. The van der Waals surface area contributed by atoms with Crippen LogP contribution in [0.4, 0.5) is 5.69 Å². The molecule has 0 fully saturated rings. The molecule has 1 heterocycles. The van der Waals surface area contributed by atoms with E-state index in [1.165, 1.54) is 0 Å². The van der Waals surface area contributed by atoms with Gasteiger partial charge >= 0.3 is 0 Å². The Morgan fingerprint density at radius 1 is 0.961 bits per heavy atom. The fraction of sp³-hybridized carbons (Fsp3) is 0.297. The van der Waals surface area contributed by atoms with E-state index in [1.807, 2.05) is 42.5 Å². The summed E-state index contributed by atoms with van der Waals surface area (Å²) < 4.78 is 23.2. The Morgan fingerprint density at radius 3 is 2.43 bits per heavy atom. The van der Waals surface area contributed by atoms with Crippen molar-refractivity contribution in [3.05, 3.63) is 140 Å². The number of benzene rings is 4. The van der Waals surface area contributed by atoms with Gasteiger partial charge in [0.25, 0.3) is 5.91 Å². The molecule has 0 bridgehead atoms. The monoisotopic (exact) mass is 690 g/mol. The molecular weight excluding hydrogens is 652 g/mol. The number of hydrogen-bond donors (Lipinski definition) is 2. The Labute approximate surface area is 294 Å². The van der Waals surface area contributed by atoms with Crippen LogP contribution in [0.3, 0.4) is 0 Å². The molecule has 1 aliphatic heterocycles.